The lowest BCUT2D eigenvalue weighted by atomic mass is 10.1. The van der Waals surface area contributed by atoms with E-state index in [1.165, 1.54) is 31.5 Å². The first-order valence-electron chi connectivity index (χ1n) is 12.9. The van der Waals surface area contributed by atoms with E-state index in [2.05, 4.69) is 15.0 Å². The van der Waals surface area contributed by atoms with Crippen LogP contribution in [0.15, 0.2) is 83.9 Å². The second kappa shape index (κ2) is 13.1. The van der Waals surface area contributed by atoms with Crippen LogP contribution in [0.4, 0.5) is 16.3 Å². The highest BCUT2D eigenvalue weighted by molar-refractivity contribution is 7.92. The first kappa shape index (κ1) is 29.8. The number of rotatable bonds is 12. The van der Waals surface area contributed by atoms with Gasteiger partial charge < -0.3 is 33.5 Å². The van der Waals surface area contributed by atoms with Crippen molar-refractivity contribution in [1.29, 1.82) is 0 Å². The van der Waals surface area contributed by atoms with Gasteiger partial charge in [-0.3, -0.25) is 10.0 Å². The molecule has 5 rings (SSSR count). The maximum atomic E-state index is 13.5. The van der Waals surface area contributed by atoms with Gasteiger partial charge in [-0.25, -0.2) is 23.0 Å². The van der Waals surface area contributed by atoms with Crippen molar-refractivity contribution in [3.05, 3.63) is 84.6 Å². The van der Waals surface area contributed by atoms with Crippen molar-refractivity contribution in [2.75, 3.05) is 37.2 Å². The number of pyridine rings is 1. The summed E-state index contributed by atoms with van der Waals surface area (Å²) in [7, 11) is -2.90. The number of aromatic nitrogens is 1. The molecule has 0 unspecified atom stereocenters. The maximum Gasteiger partial charge on any atom is 0.412 e. The summed E-state index contributed by atoms with van der Waals surface area (Å²) in [6.45, 7) is -0.573. The predicted molar refractivity (Wildman–Crippen MR) is 155 cm³/mol. The van der Waals surface area contributed by atoms with E-state index in [9.17, 15) is 23.1 Å². The molecule has 0 radical (unpaired) electrons. The Bertz CT molecular complexity index is 1780. The summed E-state index contributed by atoms with van der Waals surface area (Å²) < 4.78 is 62.2. The molecule has 2 heterocycles. The van der Waals surface area contributed by atoms with Gasteiger partial charge in [-0.1, -0.05) is 18.2 Å². The van der Waals surface area contributed by atoms with Gasteiger partial charge in [-0.15, -0.1) is 0 Å². The second-order valence-corrected chi connectivity index (χ2v) is 10.5. The second-order valence-electron chi connectivity index (χ2n) is 8.85. The van der Waals surface area contributed by atoms with Crippen molar-refractivity contribution in [2.24, 2.45) is 0 Å². The Morgan fingerprint density at radius 2 is 1.70 bits per heavy atom. The van der Waals surface area contributed by atoms with Crippen LogP contribution in [-0.2, 0) is 14.8 Å². The van der Waals surface area contributed by atoms with Crippen molar-refractivity contribution in [2.45, 2.75) is 4.90 Å². The number of anilines is 2. The number of ether oxygens (including phenoxy) is 6. The third kappa shape index (κ3) is 7.01. The number of methoxy groups -OCH3 is 1. The number of carboxylic acids is 1. The van der Waals surface area contributed by atoms with E-state index in [-0.39, 0.29) is 65.0 Å². The summed E-state index contributed by atoms with van der Waals surface area (Å²) in [5, 5.41) is 12.2. The van der Waals surface area contributed by atoms with Gasteiger partial charge in [0.05, 0.1) is 23.3 Å². The molecular weight excluding hydrogens is 598 g/mol. The number of para-hydroxylation sites is 2. The molecule has 3 N–H and O–H groups in total. The van der Waals surface area contributed by atoms with Crippen molar-refractivity contribution in [3.8, 4) is 34.5 Å². The number of sulfonamides is 1. The Kier molecular flexibility index (Phi) is 8.85. The molecule has 15 heteroatoms. The fraction of sp³-hybridized carbons (Fsp3) is 0.138. The van der Waals surface area contributed by atoms with Gasteiger partial charge in [0.15, 0.2) is 34.5 Å². The zero-order valence-corrected chi connectivity index (χ0v) is 23.8. The molecule has 0 saturated heterocycles. The number of nitrogens with zero attached hydrogens (tertiary/aromatic N) is 1. The van der Waals surface area contributed by atoms with Crippen LogP contribution in [0.2, 0.25) is 0 Å². The number of amides is 1. The molecule has 0 aliphatic carbocycles. The van der Waals surface area contributed by atoms with Crippen LogP contribution in [0.5, 0.6) is 34.5 Å². The van der Waals surface area contributed by atoms with Gasteiger partial charge in [0.1, 0.15) is 19.0 Å². The summed E-state index contributed by atoms with van der Waals surface area (Å²) in [4.78, 5) is 27.9. The minimum atomic E-state index is -4.32. The zero-order valence-electron chi connectivity index (χ0n) is 23.0. The largest absolute Gasteiger partial charge is 0.493 e. The number of carboxylic acid groups (broad SMARTS) is 1. The van der Waals surface area contributed by atoms with Crippen LogP contribution in [-0.4, -0.2) is 57.7 Å². The molecule has 228 valence electrons. The zero-order chi connectivity index (χ0) is 31.1. The van der Waals surface area contributed by atoms with Gasteiger partial charge in [-0.05, 0) is 48.5 Å². The number of benzene rings is 3. The number of hydrogen-bond donors (Lipinski definition) is 3. The fourth-order valence-corrected chi connectivity index (χ4v) is 5.01. The SMILES string of the molecule is COc1ccccc1Oc1c(NS(=O)(=O)c2ccc3c(c2)OCO3)cc(C(=O)O)cc1OCCOC(=O)Nc1ccccn1. The molecule has 1 amide bonds. The predicted octanol–water partition coefficient (Wildman–Crippen LogP) is 4.74. The number of aromatic carboxylic acids is 1. The first-order chi connectivity index (χ1) is 21.2. The van der Waals surface area contributed by atoms with E-state index in [0.717, 1.165) is 12.1 Å². The third-order valence-corrected chi connectivity index (χ3v) is 7.31. The minimum Gasteiger partial charge on any atom is -0.493 e. The molecule has 4 aromatic rings. The van der Waals surface area contributed by atoms with Crippen molar-refractivity contribution in [1.82, 2.24) is 4.98 Å². The Morgan fingerprint density at radius 3 is 2.45 bits per heavy atom. The third-order valence-electron chi connectivity index (χ3n) is 5.95. The Morgan fingerprint density at radius 1 is 0.932 bits per heavy atom. The Balaban J connectivity index is 1.44. The van der Waals surface area contributed by atoms with Crippen LogP contribution in [0.25, 0.3) is 0 Å². The van der Waals surface area contributed by atoms with Gasteiger partial charge in [-0.2, -0.15) is 0 Å². The average Bonchev–Trinajstić information content (AvgIpc) is 3.49. The molecule has 3 aromatic carbocycles. The molecule has 0 atom stereocenters. The topological polar surface area (TPSA) is 181 Å². The lowest BCUT2D eigenvalue weighted by molar-refractivity contribution is 0.0696. The standard InChI is InChI=1S/C29H25N3O11S/c1-38-21-6-2-3-7-23(21)43-27-20(32-44(36,37)19-9-10-22-24(16-19)42-17-41-22)14-18(28(33)34)15-25(27)39-12-13-40-29(35)31-26-8-4-5-11-30-26/h2-11,14-16,32H,12-13,17H2,1H3,(H,33,34)(H,30,31,35). The fourth-order valence-electron chi connectivity index (χ4n) is 3.94. The molecule has 1 aromatic heterocycles. The van der Waals surface area contributed by atoms with Crippen molar-refractivity contribution in [3.63, 3.8) is 0 Å². The number of fused-ring (bicyclic) bond motifs is 1. The van der Waals surface area contributed by atoms with Crippen LogP contribution in [0.3, 0.4) is 0 Å². The number of nitrogens with one attached hydrogen (secondary N) is 2. The molecule has 0 saturated carbocycles. The van der Waals surface area contributed by atoms with Crippen LogP contribution in [0, 0.1) is 0 Å². The molecule has 1 aliphatic heterocycles. The van der Waals surface area contributed by atoms with Crippen LogP contribution in [0.1, 0.15) is 10.4 Å². The number of carbonyl (C=O) groups excluding carboxylic acids is 1. The first-order valence-corrected chi connectivity index (χ1v) is 14.3. The molecule has 44 heavy (non-hydrogen) atoms. The molecule has 0 spiro atoms. The quantitative estimate of drug-likeness (QED) is 0.185. The van der Waals surface area contributed by atoms with Gasteiger partial charge >= 0.3 is 12.1 Å². The van der Waals surface area contributed by atoms with E-state index in [1.54, 1.807) is 42.5 Å². The summed E-state index contributed by atoms with van der Waals surface area (Å²) >= 11 is 0. The minimum absolute atomic E-state index is 0.0565. The molecular formula is C29H25N3O11S. The lowest BCUT2D eigenvalue weighted by Crippen LogP contribution is -2.18. The van der Waals surface area contributed by atoms with E-state index in [0.29, 0.717) is 11.5 Å². The van der Waals surface area contributed by atoms with E-state index >= 15 is 0 Å². The molecule has 14 nitrogen and oxygen atoms in total. The Hall–Kier alpha value is -5.70. The molecule has 0 bridgehead atoms. The van der Waals surface area contributed by atoms with Gasteiger partial charge in [0.2, 0.25) is 6.79 Å². The van der Waals surface area contributed by atoms with E-state index < -0.39 is 22.1 Å². The number of carbonyl (C=O) groups is 2. The Labute approximate surface area is 251 Å². The summed E-state index contributed by atoms with van der Waals surface area (Å²) in [6.07, 6.45) is 0.699. The van der Waals surface area contributed by atoms with Crippen LogP contribution < -0.4 is 33.7 Å². The molecule has 1 aliphatic rings. The number of hydrogen-bond acceptors (Lipinski definition) is 11. The summed E-state index contributed by atoms with van der Waals surface area (Å²) in [5.74, 6) is -0.336. The lowest BCUT2D eigenvalue weighted by Gasteiger charge is -2.19. The smallest absolute Gasteiger partial charge is 0.412 e. The highest BCUT2D eigenvalue weighted by atomic mass is 32.2. The van der Waals surface area contributed by atoms with E-state index in [4.69, 9.17) is 28.4 Å². The van der Waals surface area contributed by atoms with E-state index in [1.807, 2.05) is 0 Å². The summed E-state index contributed by atoms with van der Waals surface area (Å²) in [5.41, 5.74) is -0.568. The van der Waals surface area contributed by atoms with Gasteiger partial charge in [0, 0.05) is 12.3 Å². The monoisotopic (exact) mass is 623 g/mol. The van der Waals surface area contributed by atoms with Crippen molar-refractivity contribution < 1.29 is 51.5 Å². The highest BCUT2D eigenvalue weighted by Crippen LogP contribution is 2.44. The summed E-state index contributed by atoms with van der Waals surface area (Å²) in [6, 6.07) is 17.7. The van der Waals surface area contributed by atoms with Gasteiger partial charge in [0.25, 0.3) is 10.0 Å². The highest BCUT2D eigenvalue weighted by Gasteiger charge is 2.26. The normalized spacial score (nSPS) is 11.8. The van der Waals surface area contributed by atoms with Crippen molar-refractivity contribution >= 4 is 33.6 Å². The average molecular weight is 624 g/mol. The maximum absolute atomic E-state index is 13.5. The van der Waals surface area contributed by atoms with Crippen LogP contribution >= 0.6 is 0 Å². The molecule has 0 fully saturated rings.